The van der Waals surface area contributed by atoms with Gasteiger partial charge in [0.25, 0.3) is 0 Å². The second kappa shape index (κ2) is 4.60. The second-order valence-electron chi connectivity index (χ2n) is 6.19. The molecule has 0 saturated carbocycles. The van der Waals surface area contributed by atoms with Gasteiger partial charge in [-0.05, 0) is 39.8 Å². The van der Waals surface area contributed by atoms with E-state index in [0.29, 0.717) is 17.2 Å². The highest BCUT2D eigenvalue weighted by atomic mass is 16.6. The lowest BCUT2D eigenvalue weighted by Gasteiger charge is -2.28. The summed E-state index contributed by atoms with van der Waals surface area (Å²) in [4.78, 5) is 0. The first-order chi connectivity index (χ1) is 8.73. The van der Waals surface area contributed by atoms with Crippen LogP contribution in [0, 0.1) is 0 Å². The molecule has 0 radical (unpaired) electrons. The van der Waals surface area contributed by atoms with Crippen molar-refractivity contribution in [1.82, 2.24) is 0 Å². The average molecular weight is 265 g/mol. The number of nitrogens with two attached hydrogens (primary N) is 1. The maximum absolute atomic E-state index is 6.10. The molecule has 1 aromatic rings. The summed E-state index contributed by atoms with van der Waals surface area (Å²) in [5.74, 6) is 1.36. The highest BCUT2D eigenvalue weighted by molar-refractivity contribution is 5.52. The van der Waals surface area contributed by atoms with Crippen molar-refractivity contribution in [1.29, 1.82) is 0 Å². The Morgan fingerprint density at radius 3 is 2.42 bits per heavy atom. The molecule has 1 unspecified atom stereocenters. The first kappa shape index (κ1) is 14.0. The van der Waals surface area contributed by atoms with Crippen molar-refractivity contribution in [3.63, 3.8) is 0 Å². The smallest absolute Gasteiger partial charge is 0.163 e. The monoisotopic (exact) mass is 265 g/mol. The van der Waals surface area contributed by atoms with E-state index in [1.165, 1.54) is 0 Å². The number of methoxy groups -OCH3 is 1. The van der Waals surface area contributed by atoms with Crippen molar-refractivity contribution in [2.24, 2.45) is 0 Å². The molecule has 1 saturated heterocycles. The zero-order chi connectivity index (χ0) is 14.3. The summed E-state index contributed by atoms with van der Waals surface area (Å²) in [5.41, 5.74) is 5.96. The molecule has 2 N–H and O–H groups in total. The van der Waals surface area contributed by atoms with Crippen LogP contribution in [0.4, 0.5) is 5.69 Å². The number of rotatable bonds is 3. The maximum atomic E-state index is 6.10. The highest BCUT2D eigenvalue weighted by Gasteiger charge is 2.47. The molecular weight excluding hydrogens is 242 g/mol. The van der Waals surface area contributed by atoms with Gasteiger partial charge in [0.1, 0.15) is 11.7 Å². The van der Waals surface area contributed by atoms with Crippen LogP contribution >= 0.6 is 0 Å². The summed E-state index contributed by atoms with van der Waals surface area (Å²) >= 11 is 0. The normalized spacial score (nSPS) is 24.2. The van der Waals surface area contributed by atoms with Crippen molar-refractivity contribution < 1.29 is 14.2 Å². The Labute approximate surface area is 114 Å². The molecule has 1 heterocycles. The topological polar surface area (TPSA) is 53.7 Å². The lowest BCUT2D eigenvalue weighted by Crippen LogP contribution is -2.36. The average Bonchev–Trinajstić information content (AvgIpc) is 2.47. The molecule has 1 fully saturated rings. The Morgan fingerprint density at radius 2 is 1.89 bits per heavy atom. The number of hydrogen-bond donors (Lipinski definition) is 1. The fourth-order valence-electron chi connectivity index (χ4n) is 2.63. The van der Waals surface area contributed by atoms with Gasteiger partial charge in [-0.25, -0.2) is 0 Å². The molecule has 0 aromatic heterocycles. The molecule has 1 aliphatic heterocycles. The van der Waals surface area contributed by atoms with E-state index < -0.39 is 0 Å². The van der Waals surface area contributed by atoms with Crippen LogP contribution in [-0.2, 0) is 4.74 Å². The predicted octanol–water partition coefficient (Wildman–Crippen LogP) is 3.00. The number of anilines is 1. The van der Waals surface area contributed by atoms with Crippen molar-refractivity contribution in [3.05, 3.63) is 18.2 Å². The first-order valence-corrected chi connectivity index (χ1v) is 6.54. The Hall–Kier alpha value is -1.42. The zero-order valence-electron chi connectivity index (χ0n) is 12.3. The largest absolute Gasteiger partial charge is 0.493 e. The van der Waals surface area contributed by atoms with Crippen LogP contribution in [0.3, 0.4) is 0 Å². The van der Waals surface area contributed by atoms with Crippen LogP contribution < -0.4 is 15.2 Å². The van der Waals surface area contributed by atoms with Crippen LogP contribution in [-0.4, -0.2) is 24.4 Å². The van der Waals surface area contributed by atoms with Gasteiger partial charge in [-0.15, -0.1) is 0 Å². The van der Waals surface area contributed by atoms with Crippen molar-refractivity contribution in [2.75, 3.05) is 12.8 Å². The summed E-state index contributed by atoms with van der Waals surface area (Å²) in [6.45, 7) is 8.25. The third-order valence-electron chi connectivity index (χ3n) is 3.45. The van der Waals surface area contributed by atoms with E-state index in [0.717, 1.165) is 6.42 Å². The van der Waals surface area contributed by atoms with Gasteiger partial charge < -0.3 is 19.9 Å². The summed E-state index contributed by atoms with van der Waals surface area (Å²) in [5, 5.41) is 0. The molecular formula is C15H23NO3. The Bertz CT molecular complexity index is 468. The van der Waals surface area contributed by atoms with Gasteiger partial charge in [0, 0.05) is 18.2 Å². The minimum Gasteiger partial charge on any atom is -0.493 e. The van der Waals surface area contributed by atoms with Gasteiger partial charge in [0.2, 0.25) is 0 Å². The fourth-order valence-corrected chi connectivity index (χ4v) is 2.63. The van der Waals surface area contributed by atoms with Crippen molar-refractivity contribution in [2.45, 2.75) is 51.4 Å². The minimum atomic E-state index is -0.334. The number of hydrogen-bond acceptors (Lipinski definition) is 4. The second-order valence-corrected chi connectivity index (χ2v) is 6.19. The van der Waals surface area contributed by atoms with E-state index in [9.17, 15) is 0 Å². The highest BCUT2D eigenvalue weighted by Crippen LogP contribution is 2.41. The number of ether oxygens (including phenoxy) is 3. The van der Waals surface area contributed by atoms with Crippen LogP contribution in [0.2, 0.25) is 0 Å². The summed E-state index contributed by atoms with van der Waals surface area (Å²) < 4.78 is 17.4. The number of nitrogen functional groups attached to an aromatic ring is 1. The standard InChI is InChI=1S/C15H23NO3/c1-14(2)9-13(15(3,4)19-14)18-12-8-10(16)6-7-11(12)17-5/h6-8,13H,9,16H2,1-5H3. The van der Waals surface area contributed by atoms with E-state index in [4.69, 9.17) is 19.9 Å². The quantitative estimate of drug-likeness (QED) is 0.854. The Morgan fingerprint density at radius 1 is 1.21 bits per heavy atom. The molecule has 4 nitrogen and oxygen atoms in total. The van der Waals surface area contributed by atoms with Gasteiger partial charge in [-0.3, -0.25) is 0 Å². The van der Waals surface area contributed by atoms with Crippen molar-refractivity contribution >= 4 is 5.69 Å². The third kappa shape index (κ3) is 2.95. The van der Waals surface area contributed by atoms with Gasteiger partial charge in [0.15, 0.2) is 11.5 Å². The molecule has 0 amide bonds. The summed E-state index contributed by atoms with van der Waals surface area (Å²) in [6, 6.07) is 5.41. The zero-order valence-corrected chi connectivity index (χ0v) is 12.3. The molecule has 4 heteroatoms. The van der Waals surface area contributed by atoms with Crippen LogP contribution in [0.15, 0.2) is 18.2 Å². The molecule has 19 heavy (non-hydrogen) atoms. The molecule has 0 spiro atoms. The van der Waals surface area contributed by atoms with Crippen molar-refractivity contribution in [3.8, 4) is 11.5 Å². The fraction of sp³-hybridized carbons (Fsp3) is 0.600. The van der Waals surface area contributed by atoms with E-state index >= 15 is 0 Å². The summed E-state index contributed by atoms with van der Waals surface area (Å²) in [7, 11) is 1.62. The van der Waals surface area contributed by atoms with E-state index in [1.54, 1.807) is 19.2 Å². The molecule has 1 aliphatic rings. The van der Waals surface area contributed by atoms with E-state index in [1.807, 2.05) is 19.9 Å². The molecule has 1 atom stereocenters. The summed E-state index contributed by atoms with van der Waals surface area (Å²) in [6.07, 6.45) is 0.802. The lowest BCUT2D eigenvalue weighted by atomic mass is 9.97. The van der Waals surface area contributed by atoms with E-state index in [-0.39, 0.29) is 17.3 Å². The Balaban J connectivity index is 2.24. The molecule has 1 aromatic carbocycles. The first-order valence-electron chi connectivity index (χ1n) is 6.54. The minimum absolute atomic E-state index is 0.0294. The van der Waals surface area contributed by atoms with Gasteiger partial charge in [-0.2, -0.15) is 0 Å². The molecule has 106 valence electrons. The van der Waals surface area contributed by atoms with Crippen LogP contribution in [0.5, 0.6) is 11.5 Å². The van der Waals surface area contributed by atoms with Gasteiger partial charge in [0.05, 0.1) is 12.7 Å². The number of benzene rings is 1. The molecule has 0 bridgehead atoms. The third-order valence-corrected chi connectivity index (χ3v) is 3.45. The SMILES string of the molecule is COc1ccc(N)cc1OC1CC(C)(C)OC1(C)C. The maximum Gasteiger partial charge on any atom is 0.163 e. The predicted molar refractivity (Wildman–Crippen MR) is 75.7 cm³/mol. The molecule has 0 aliphatic carbocycles. The molecule has 2 rings (SSSR count). The van der Waals surface area contributed by atoms with Gasteiger partial charge >= 0.3 is 0 Å². The Kier molecular flexibility index (Phi) is 3.39. The van der Waals surface area contributed by atoms with Crippen LogP contribution in [0.25, 0.3) is 0 Å². The van der Waals surface area contributed by atoms with Crippen LogP contribution in [0.1, 0.15) is 34.1 Å². The van der Waals surface area contributed by atoms with E-state index in [2.05, 4.69) is 13.8 Å². The van der Waals surface area contributed by atoms with Gasteiger partial charge in [-0.1, -0.05) is 0 Å². The lowest BCUT2D eigenvalue weighted by molar-refractivity contribution is -0.0847.